The lowest BCUT2D eigenvalue weighted by Gasteiger charge is -2.11. The molecule has 0 fully saturated rings. The molecule has 132 valence electrons. The first-order valence-electron chi connectivity index (χ1n) is 7.95. The van der Waals surface area contributed by atoms with E-state index in [0.29, 0.717) is 22.2 Å². The van der Waals surface area contributed by atoms with Gasteiger partial charge in [0, 0.05) is 18.0 Å². The van der Waals surface area contributed by atoms with Gasteiger partial charge in [0.05, 0.1) is 22.2 Å². The predicted molar refractivity (Wildman–Crippen MR) is 105 cm³/mol. The molecule has 3 rings (SSSR count). The van der Waals surface area contributed by atoms with Crippen molar-refractivity contribution >= 4 is 34.8 Å². The van der Waals surface area contributed by atoms with Crippen molar-refractivity contribution in [2.24, 2.45) is 0 Å². The standard InChI is InChI=1S/C20H16Cl2N2O2/c1-13-4-2-3-5-18(13)23-20(26)15-7-9-19(25)24(12-15)11-14-6-8-16(21)17(22)10-14/h2-10,12H,11H2,1H3,(H,23,26). The molecule has 1 amide bonds. The summed E-state index contributed by atoms with van der Waals surface area (Å²) in [6.45, 7) is 2.21. The number of hydrogen-bond donors (Lipinski definition) is 1. The van der Waals surface area contributed by atoms with E-state index in [4.69, 9.17) is 23.2 Å². The molecule has 0 spiro atoms. The smallest absolute Gasteiger partial charge is 0.257 e. The first-order valence-corrected chi connectivity index (χ1v) is 8.71. The first kappa shape index (κ1) is 18.2. The number of nitrogens with one attached hydrogen (secondary N) is 1. The van der Waals surface area contributed by atoms with Crippen LogP contribution in [0, 0.1) is 6.92 Å². The van der Waals surface area contributed by atoms with E-state index in [1.54, 1.807) is 24.4 Å². The molecule has 3 aromatic rings. The number of nitrogens with zero attached hydrogens (tertiary/aromatic N) is 1. The lowest BCUT2D eigenvalue weighted by atomic mass is 10.2. The Balaban J connectivity index is 1.85. The normalized spacial score (nSPS) is 10.6. The molecule has 0 aliphatic rings. The summed E-state index contributed by atoms with van der Waals surface area (Å²) in [5.41, 5.74) is 2.71. The van der Waals surface area contributed by atoms with E-state index in [2.05, 4.69) is 5.32 Å². The Bertz CT molecular complexity index is 1030. The van der Waals surface area contributed by atoms with Crippen LogP contribution in [0.4, 0.5) is 5.69 Å². The lowest BCUT2D eigenvalue weighted by molar-refractivity contribution is 0.102. The highest BCUT2D eigenvalue weighted by Gasteiger charge is 2.10. The molecule has 1 heterocycles. The summed E-state index contributed by atoms with van der Waals surface area (Å²) in [4.78, 5) is 24.7. The molecular formula is C20H16Cl2N2O2. The van der Waals surface area contributed by atoms with E-state index in [0.717, 1.165) is 16.8 Å². The van der Waals surface area contributed by atoms with Gasteiger partial charge in [0.15, 0.2) is 0 Å². The van der Waals surface area contributed by atoms with Crippen LogP contribution in [0.3, 0.4) is 0 Å². The second-order valence-electron chi connectivity index (χ2n) is 5.90. The molecule has 1 N–H and O–H groups in total. The maximum Gasteiger partial charge on any atom is 0.257 e. The van der Waals surface area contributed by atoms with Crippen LogP contribution in [0.1, 0.15) is 21.5 Å². The van der Waals surface area contributed by atoms with Crippen LogP contribution >= 0.6 is 23.2 Å². The third-order valence-corrected chi connectivity index (χ3v) is 4.71. The first-order chi connectivity index (χ1) is 12.4. The highest BCUT2D eigenvalue weighted by molar-refractivity contribution is 6.42. The van der Waals surface area contributed by atoms with Crippen molar-refractivity contribution in [2.75, 3.05) is 5.32 Å². The Hall–Kier alpha value is -2.56. The second-order valence-corrected chi connectivity index (χ2v) is 6.72. The Morgan fingerprint density at radius 3 is 2.54 bits per heavy atom. The van der Waals surface area contributed by atoms with Crippen molar-refractivity contribution in [3.8, 4) is 0 Å². The van der Waals surface area contributed by atoms with E-state index in [9.17, 15) is 9.59 Å². The predicted octanol–water partition coefficient (Wildman–Crippen LogP) is 4.76. The van der Waals surface area contributed by atoms with Gasteiger partial charge in [0.2, 0.25) is 0 Å². The third-order valence-electron chi connectivity index (χ3n) is 3.98. The Morgan fingerprint density at radius 1 is 1.04 bits per heavy atom. The minimum absolute atomic E-state index is 0.205. The summed E-state index contributed by atoms with van der Waals surface area (Å²) in [6.07, 6.45) is 1.54. The van der Waals surface area contributed by atoms with Gasteiger partial charge in [-0.3, -0.25) is 9.59 Å². The number of carbonyl (C=O) groups excluding carboxylic acids is 1. The number of rotatable bonds is 4. The van der Waals surface area contributed by atoms with E-state index in [-0.39, 0.29) is 11.5 Å². The van der Waals surface area contributed by atoms with Gasteiger partial charge < -0.3 is 9.88 Å². The number of halogens is 2. The Kier molecular flexibility index (Phi) is 5.45. The summed E-state index contributed by atoms with van der Waals surface area (Å²) < 4.78 is 1.46. The van der Waals surface area contributed by atoms with Gasteiger partial charge in [-0.2, -0.15) is 0 Å². The van der Waals surface area contributed by atoms with Crippen LogP contribution in [0.25, 0.3) is 0 Å². The van der Waals surface area contributed by atoms with Crippen LogP contribution in [0.2, 0.25) is 10.0 Å². The van der Waals surface area contributed by atoms with E-state index >= 15 is 0 Å². The molecule has 0 bridgehead atoms. The number of aromatic nitrogens is 1. The van der Waals surface area contributed by atoms with Crippen molar-refractivity contribution in [1.29, 1.82) is 0 Å². The molecule has 0 aliphatic carbocycles. The fourth-order valence-corrected chi connectivity index (χ4v) is 2.85. The molecule has 0 unspecified atom stereocenters. The molecule has 0 atom stereocenters. The minimum atomic E-state index is -0.276. The number of carbonyl (C=O) groups is 1. The van der Waals surface area contributed by atoms with Crippen LogP contribution < -0.4 is 10.9 Å². The molecule has 1 aromatic heterocycles. The summed E-state index contributed by atoms with van der Waals surface area (Å²) in [5.74, 6) is -0.276. The molecule has 4 nitrogen and oxygen atoms in total. The second kappa shape index (κ2) is 7.77. The minimum Gasteiger partial charge on any atom is -0.322 e. The third kappa shape index (κ3) is 4.15. The lowest BCUT2D eigenvalue weighted by Crippen LogP contribution is -2.22. The fourth-order valence-electron chi connectivity index (χ4n) is 2.53. The topological polar surface area (TPSA) is 51.1 Å². The summed E-state index contributed by atoms with van der Waals surface area (Å²) in [5, 5.41) is 3.74. The molecule has 0 aliphatic heterocycles. The van der Waals surface area contributed by atoms with Gasteiger partial charge >= 0.3 is 0 Å². The number of pyridine rings is 1. The van der Waals surface area contributed by atoms with Gasteiger partial charge in [0.1, 0.15) is 0 Å². The highest BCUT2D eigenvalue weighted by atomic mass is 35.5. The zero-order chi connectivity index (χ0) is 18.7. The van der Waals surface area contributed by atoms with Crippen molar-refractivity contribution in [1.82, 2.24) is 4.57 Å². The number of anilines is 1. The number of para-hydroxylation sites is 1. The van der Waals surface area contributed by atoms with Crippen molar-refractivity contribution in [3.05, 3.63) is 97.9 Å². The van der Waals surface area contributed by atoms with Gasteiger partial charge in [0.25, 0.3) is 11.5 Å². The molecule has 0 radical (unpaired) electrons. The van der Waals surface area contributed by atoms with E-state index < -0.39 is 0 Å². The zero-order valence-corrected chi connectivity index (χ0v) is 15.5. The maximum atomic E-state index is 12.5. The average Bonchev–Trinajstić information content (AvgIpc) is 2.62. The zero-order valence-electron chi connectivity index (χ0n) is 14.0. The molecule has 0 saturated heterocycles. The van der Waals surface area contributed by atoms with Crippen molar-refractivity contribution in [2.45, 2.75) is 13.5 Å². The monoisotopic (exact) mass is 386 g/mol. The average molecular weight is 387 g/mol. The Morgan fingerprint density at radius 2 is 1.81 bits per heavy atom. The Labute approximate surface area is 161 Å². The SMILES string of the molecule is Cc1ccccc1NC(=O)c1ccc(=O)n(Cc2ccc(Cl)c(Cl)c2)c1. The van der Waals surface area contributed by atoms with Crippen molar-refractivity contribution < 1.29 is 4.79 Å². The van der Waals surface area contributed by atoms with Crippen LogP contribution in [0.5, 0.6) is 0 Å². The quantitative estimate of drug-likeness (QED) is 0.702. The number of hydrogen-bond acceptors (Lipinski definition) is 2. The van der Waals surface area contributed by atoms with Crippen LogP contribution in [-0.2, 0) is 6.54 Å². The highest BCUT2D eigenvalue weighted by Crippen LogP contribution is 2.23. The summed E-state index contributed by atoms with van der Waals surface area (Å²) in [7, 11) is 0. The molecule has 26 heavy (non-hydrogen) atoms. The maximum absolute atomic E-state index is 12.5. The number of amides is 1. The van der Waals surface area contributed by atoms with Gasteiger partial charge in [-0.05, 0) is 42.3 Å². The van der Waals surface area contributed by atoms with Crippen LogP contribution in [0.15, 0.2) is 65.6 Å². The molecular weight excluding hydrogens is 371 g/mol. The van der Waals surface area contributed by atoms with Crippen molar-refractivity contribution in [3.63, 3.8) is 0 Å². The van der Waals surface area contributed by atoms with E-state index in [1.807, 2.05) is 31.2 Å². The van der Waals surface area contributed by atoms with E-state index in [1.165, 1.54) is 16.7 Å². The number of aryl methyl sites for hydroxylation is 1. The van der Waals surface area contributed by atoms with Gasteiger partial charge in [-0.15, -0.1) is 0 Å². The molecule has 6 heteroatoms. The van der Waals surface area contributed by atoms with Crippen LogP contribution in [-0.4, -0.2) is 10.5 Å². The summed E-state index contributed by atoms with van der Waals surface area (Å²) >= 11 is 11.9. The largest absolute Gasteiger partial charge is 0.322 e. The molecule has 0 saturated carbocycles. The summed E-state index contributed by atoms with van der Waals surface area (Å²) in [6, 6.07) is 15.6. The molecule has 2 aromatic carbocycles. The number of benzene rings is 2. The fraction of sp³-hybridized carbons (Fsp3) is 0.100. The van der Waals surface area contributed by atoms with Gasteiger partial charge in [-0.1, -0.05) is 47.5 Å². The van der Waals surface area contributed by atoms with Gasteiger partial charge in [-0.25, -0.2) is 0 Å².